The zero-order valence-electron chi connectivity index (χ0n) is 17.7. The Morgan fingerprint density at radius 1 is 1.55 bits per heavy atom. The molecule has 0 aliphatic carbocycles. The van der Waals surface area contributed by atoms with Crippen LogP contribution < -0.4 is 11.6 Å². The third-order valence-corrected chi connectivity index (χ3v) is 7.30. The van der Waals surface area contributed by atoms with Crippen molar-refractivity contribution in [2.24, 2.45) is 21.7 Å². The molecule has 1 aromatic rings. The molecule has 2 aliphatic rings. The third kappa shape index (κ3) is 5.05. The van der Waals surface area contributed by atoms with Crippen molar-refractivity contribution < 1.29 is 9.53 Å². The van der Waals surface area contributed by atoms with Crippen molar-refractivity contribution in [1.29, 1.82) is 0 Å². The van der Waals surface area contributed by atoms with Crippen LogP contribution in [0.3, 0.4) is 0 Å². The maximum Gasteiger partial charge on any atom is 0.219 e. The summed E-state index contributed by atoms with van der Waals surface area (Å²) in [4.78, 5) is 20.7. The molecule has 0 bridgehead atoms. The van der Waals surface area contributed by atoms with E-state index < -0.39 is 0 Å². The Balaban J connectivity index is 1.66. The van der Waals surface area contributed by atoms with Crippen LogP contribution >= 0.6 is 11.3 Å². The summed E-state index contributed by atoms with van der Waals surface area (Å²) in [6.45, 7) is 8.68. The highest BCUT2D eigenvalue weighted by Crippen LogP contribution is 2.46. The van der Waals surface area contributed by atoms with Crippen LogP contribution in [0.4, 0.5) is 0 Å². The first-order chi connectivity index (χ1) is 13.9. The van der Waals surface area contributed by atoms with Crippen LogP contribution in [-0.2, 0) is 28.0 Å². The number of likely N-dealkylation sites (tertiary alicyclic amines) is 1. The van der Waals surface area contributed by atoms with Gasteiger partial charge < -0.3 is 16.3 Å². The van der Waals surface area contributed by atoms with E-state index in [1.54, 1.807) is 6.21 Å². The quantitative estimate of drug-likeness (QED) is 0.401. The monoisotopic (exact) mass is 419 g/mol. The number of amides is 1. The molecule has 4 N–H and O–H groups in total. The summed E-state index contributed by atoms with van der Waals surface area (Å²) < 4.78 is 6.41. The van der Waals surface area contributed by atoms with Gasteiger partial charge in [-0.2, -0.15) is 5.10 Å². The summed E-state index contributed by atoms with van der Waals surface area (Å²) in [6.07, 6.45) is 5.94. The van der Waals surface area contributed by atoms with Crippen molar-refractivity contribution in [2.75, 3.05) is 19.7 Å². The first kappa shape index (κ1) is 21.9. The fourth-order valence-corrected chi connectivity index (χ4v) is 5.57. The van der Waals surface area contributed by atoms with Crippen LogP contribution in [0.15, 0.2) is 16.2 Å². The molecule has 29 heavy (non-hydrogen) atoms. The zero-order valence-corrected chi connectivity index (χ0v) is 18.5. The molecule has 7 nitrogen and oxygen atoms in total. The molecule has 0 radical (unpaired) electrons. The summed E-state index contributed by atoms with van der Waals surface area (Å²) >= 11 is 1.95. The van der Waals surface area contributed by atoms with Crippen molar-refractivity contribution in [1.82, 2.24) is 4.90 Å². The van der Waals surface area contributed by atoms with Crippen LogP contribution in [-0.4, -0.2) is 54.5 Å². The van der Waals surface area contributed by atoms with Crippen molar-refractivity contribution in [3.05, 3.63) is 21.4 Å². The fraction of sp³-hybridized carbons (Fsp3) is 0.667. The Morgan fingerprint density at radius 2 is 2.34 bits per heavy atom. The number of carbonyl (C=O) groups is 1. The average Bonchev–Trinajstić information content (AvgIpc) is 3.11. The molecular weight excluding hydrogens is 386 g/mol. The summed E-state index contributed by atoms with van der Waals surface area (Å²) in [6, 6.07) is 2.54. The van der Waals surface area contributed by atoms with E-state index in [2.05, 4.69) is 34.9 Å². The van der Waals surface area contributed by atoms with Crippen LogP contribution in [0.1, 0.15) is 55.4 Å². The highest BCUT2D eigenvalue weighted by atomic mass is 32.1. The number of hydrazone groups is 1. The minimum absolute atomic E-state index is 0.155. The van der Waals surface area contributed by atoms with E-state index in [0.29, 0.717) is 18.3 Å². The Bertz CT molecular complexity index is 790. The van der Waals surface area contributed by atoms with Crippen molar-refractivity contribution in [2.45, 2.75) is 70.6 Å². The SMILES string of the molecule is CCc1cc2c(s1)CCO[C@@]21CCN(C/C(C=NC(C)CC(N)=O)=N/N)[C@@H](C)C1. The number of ether oxygens (including phenoxy) is 1. The molecule has 1 unspecified atom stereocenters. The Kier molecular flexibility index (Phi) is 7.08. The molecule has 1 spiro atoms. The number of hydrogen-bond donors (Lipinski definition) is 2. The molecule has 0 aromatic carbocycles. The molecule has 1 fully saturated rings. The summed E-state index contributed by atoms with van der Waals surface area (Å²) in [5, 5.41) is 3.90. The molecule has 0 saturated carbocycles. The van der Waals surface area contributed by atoms with E-state index in [4.69, 9.17) is 16.3 Å². The normalized spacial score (nSPS) is 26.7. The molecule has 1 amide bonds. The number of thiophene rings is 1. The smallest absolute Gasteiger partial charge is 0.219 e. The number of nitrogens with zero attached hydrogens (tertiary/aromatic N) is 3. The highest BCUT2D eigenvalue weighted by Gasteiger charge is 2.44. The molecule has 1 saturated heterocycles. The second kappa shape index (κ2) is 9.36. The number of fused-ring (bicyclic) bond motifs is 2. The van der Waals surface area contributed by atoms with Crippen molar-refractivity contribution in [3.8, 4) is 0 Å². The van der Waals surface area contributed by atoms with Crippen molar-refractivity contribution in [3.63, 3.8) is 0 Å². The largest absolute Gasteiger partial charge is 0.370 e. The van der Waals surface area contributed by atoms with Gasteiger partial charge in [0.15, 0.2) is 0 Å². The highest BCUT2D eigenvalue weighted by molar-refractivity contribution is 7.12. The number of carbonyl (C=O) groups excluding carboxylic acids is 1. The lowest BCUT2D eigenvalue weighted by molar-refractivity contribution is -0.118. The lowest BCUT2D eigenvalue weighted by Gasteiger charge is -2.47. The number of nitrogens with two attached hydrogens (primary N) is 2. The van der Waals surface area contributed by atoms with Crippen LogP contribution in [0, 0.1) is 0 Å². The van der Waals surface area contributed by atoms with Gasteiger partial charge in [0, 0.05) is 47.9 Å². The maximum atomic E-state index is 11.0. The number of piperidine rings is 1. The maximum absolute atomic E-state index is 11.0. The first-order valence-corrected chi connectivity index (χ1v) is 11.3. The van der Waals surface area contributed by atoms with Gasteiger partial charge in [-0.05, 0) is 44.7 Å². The van der Waals surface area contributed by atoms with Gasteiger partial charge in [0.2, 0.25) is 5.91 Å². The Hall–Kier alpha value is -1.77. The fourth-order valence-electron chi connectivity index (χ4n) is 4.39. The molecule has 2 aliphatic heterocycles. The minimum Gasteiger partial charge on any atom is -0.370 e. The molecule has 8 heteroatoms. The lowest BCUT2D eigenvalue weighted by atomic mass is 9.79. The predicted molar refractivity (Wildman–Crippen MR) is 119 cm³/mol. The number of rotatable bonds is 7. The van der Waals surface area contributed by atoms with Gasteiger partial charge in [-0.1, -0.05) is 6.92 Å². The van der Waals surface area contributed by atoms with E-state index in [1.807, 2.05) is 18.3 Å². The number of aliphatic imine (C=N–C) groups is 1. The Morgan fingerprint density at radius 3 is 3.00 bits per heavy atom. The molecule has 3 atom stereocenters. The number of primary amides is 1. The van der Waals surface area contributed by atoms with Crippen molar-refractivity contribution >= 4 is 29.2 Å². The van der Waals surface area contributed by atoms with E-state index in [0.717, 1.165) is 38.8 Å². The predicted octanol–water partition coefficient (Wildman–Crippen LogP) is 2.21. The van der Waals surface area contributed by atoms with Gasteiger partial charge in [0.05, 0.1) is 24.0 Å². The minimum atomic E-state index is -0.359. The van der Waals surface area contributed by atoms with Gasteiger partial charge in [-0.15, -0.1) is 11.3 Å². The van der Waals surface area contributed by atoms with Gasteiger partial charge in [-0.25, -0.2) is 0 Å². The second-order valence-corrected chi connectivity index (χ2v) is 9.41. The standard InChI is InChI=1S/C21H33N5O2S/c1-4-17-10-18-19(29-17)5-8-28-21(18)6-7-26(15(3)11-21)13-16(25-23)12-24-14(2)9-20(22)27/h10,12,14-15H,4-9,11,13,23H2,1-3H3,(H2,22,27)/b24-12?,25-16+/t14?,15-,21+/m0/s1. The molecule has 3 heterocycles. The van der Waals surface area contributed by atoms with E-state index in [1.165, 1.54) is 15.3 Å². The number of hydrogen-bond acceptors (Lipinski definition) is 7. The molecule has 3 rings (SSSR count). The van der Waals surface area contributed by atoms with Gasteiger partial charge >= 0.3 is 0 Å². The molecular formula is C21H33N5O2S. The summed E-state index contributed by atoms with van der Waals surface area (Å²) in [5.41, 5.74) is 7.20. The van der Waals surface area contributed by atoms with Gasteiger partial charge in [0.1, 0.15) is 0 Å². The molecule has 1 aromatic heterocycles. The Labute approximate surface area is 177 Å². The van der Waals surface area contributed by atoms with Crippen LogP contribution in [0.2, 0.25) is 0 Å². The van der Waals surface area contributed by atoms with E-state index >= 15 is 0 Å². The van der Waals surface area contributed by atoms with E-state index in [9.17, 15) is 4.79 Å². The second-order valence-electron chi connectivity index (χ2n) is 8.19. The van der Waals surface area contributed by atoms with E-state index in [-0.39, 0.29) is 24.0 Å². The zero-order chi connectivity index (χ0) is 21.0. The average molecular weight is 420 g/mol. The molecule has 160 valence electrons. The third-order valence-electron chi connectivity index (χ3n) is 5.96. The van der Waals surface area contributed by atoms with Gasteiger partial charge in [0.25, 0.3) is 0 Å². The first-order valence-electron chi connectivity index (χ1n) is 10.4. The van der Waals surface area contributed by atoms with Crippen LogP contribution in [0.25, 0.3) is 0 Å². The summed E-state index contributed by atoms with van der Waals surface area (Å²) in [7, 11) is 0. The number of aryl methyl sites for hydroxylation is 1. The van der Waals surface area contributed by atoms with Gasteiger partial charge in [-0.3, -0.25) is 14.7 Å². The summed E-state index contributed by atoms with van der Waals surface area (Å²) in [5.74, 6) is 5.24. The lowest BCUT2D eigenvalue weighted by Crippen LogP contribution is -2.51. The topological polar surface area (TPSA) is 106 Å². The van der Waals surface area contributed by atoms with Crippen LogP contribution in [0.5, 0.6) is 0 Å².